The van der Waals surface area contributed by atoms with Gasteiger partial charge < -0.3 is 15.4 Å². The second-order valence-corrected chi connectivity index (χ2v) is 4.83. The van der Waals surface area contributed by atoms with Gasteiger partial charge in [0.2, 0.25) is 5.88 Å². The summed E-state index contributed by atoms with van der Waals surface area (Å²) in [5.41, 5.74) is 1.08. The summed E-state index contributed by atoms with van der Waals surface area (Å²) >= 11 is 0. The van der Waals surface area contributed by atoms with Crippen LogP contribution in [0.3, 0.4) is 0 Å². The smallest absolute Gasteiger partial charge is 0.213 e. The second-order valence-electron chi connectivity index (χ2n) is 4.83. The van der Waals surface area contributed by atoms with Gasteiger partial charge in [-0.3, -0.25) is 0 Å². The van der Waals surface area contributed by atoms with Gasteiger partial charge in [-0.2, -0.15) is 0 Å². The zero-order valence-electron chi connectivity index (χ0n) is 13.5. The average molecular weight is 292 g/mol. The molecule has 5 nitrogen and oxygen atoms in total. The number of pyridine rings is 1. The van der Waals surface area contributed by atoms with Gasteiger partial charge >= 0.3 is 0 Å². The van der Waals surface area contributed by atoms with Crippen molar-refractivity contribution in [1.82, 2.24) is 15.6 Å². The molecule has 0 aliphatic rings. The van der Waals surface area contributed by atoms with Crippen LogP contribution in [0.5, 0.6) is 5.88 Å². The standard InChI is InChI=1S/C16H28N4O/c1-4-7-10-18-16(17-6-3)20-13-14-8-9-15(19-12-14)21-11-5-2/h8-9,12H,4-7,10-11,13H2,1-3H3,(H2,17,18,20). The molecule has 0 unspecified atom stereocenters. The van der Waals surface area contributed by atoms with Crippen LogP contribution in [0.2, 0.25) is 0 Å². The molecule has 0 saturated carbocycles. The number of unbranched alkanes of at least 4 members (excludes halogenated alkanes) is 1. The van der Waals surface area contributed by atoms with E-state index >= 15 is 0 Å². The summed E-state index contributed by atoms with van der Waals surface area (Å²) in [4.78, 5) is 8.84. The molecule has 1 heterocycles. The van der Waals surface area contributed by atoms with Gasteiger partial charge in [0.1, 0.15) is 0 Å². The highest BCUT2D eigenvalue weighted by atomic mass is 16.5. The molecular formula is C16H28N4O. The van der Waals surface area contributed by atoms with Gasteiger partial charge in [0.05, 0.1) is 13.2 Å². The maximum atomic E-state index is 5.47. The van der Waals surface area contributed by atoms with Crippen molar-refractivity contribution in [3.8, 4) is 5.88 Å². The van der Waals surface area contributed by atoms with Crippen LogP contribution in [-0.4, -0.2) is 30.6 Å². The van der Waals surface area contributed by atoms with Gasteiger partial charge in [-0.05, 0) is 25.3 Å². The van der Waals surface area contributed by atoms with Crippen LogP contribution in [0.15, 0.2) is 23.3 Å². The first-order valence-corrected chi connectivity index (χ1v) is 7.90. The molecule has 0 saturated heterocycles. The molecular weight excluding hydrogens is 264 g/mol. The van der Waals surface area contributed by atoms with Crippen LogP contribution in [0.4, 0.5) is 0 Å². The third kappa shape index (κ3) is 7.54. The molecule has 0 aliphatic heterocycles. The summed E-state index contributed by atoms with van der Waals surface area (Å²) in [6.45, 7) is 9.46. The van der Waals surface area contributed by atoms with Crippen molar-refractivity contribution in [3.63, 3.8) is 0 Å². The van der Waals surface area contributed by atoms with E-state index in [1.165, 1.54) is 6.42 Å². The van der Waals surface area contributed by atoms with Crippen molar-refractivity contribution >= 4 is 5.96 Å². The highest BCUT2D eigenvalue weighted by molar-refractivity contribution is 5.79. The third-order valence-electron chi connectivity index (χ3n) is 2.84. The molecule has 0 atom stereocenters. The molecule has 5 heteroatoms. The van der Waals surface area contributed by atoms with Gasteiger partial charge in [-0.1, -0.05) is 26.3 Å². The van der Waals surface area contributed by atoms with Crippen molar-refractivity contribution in [1.29, 1.82) is 0 Å². The molecule has 0 aromatic carbocycles. The number of nitrogens with one attached hydrogen (secondary N) is 2. The van der Waals surface area contributed by atoms with Crippen LogP contribution in [0, 0.1) is 0 Å². The fourth-order valence-corrected chi connectivity index (χ4v) is 1.69. The second kappa shape index (κ2) is 10.9. The van der Waals surface area contributed by atoms with E-state index < -0.39 is 0 Å². The molecule has 0 fully saturated rings. The Morgan fingerprint density at radius 1 is 1.19 bits per heavy atom. The zero-order chi connectivity index (χ0) is 15.3. The molecule has 1 aromatic rings. The largest absolute Gasteiger partial charge is 0.478 e. The highest BCUT2D eigenvalue weighted by Gasteiger charge is 1.99. The molecule has 0 aliphatic carbocycles. The molecule has 1 rings (SSSR count). The molecule has 118 valence electrons. The van der Waals surface area contributed by atoms with Crippen LogP contribution in [0.25, 0.3) is 0 Å². The fourth-order valence-electron chi connectivity index (χ4n) is 1.69. The Labute approximate surface area is 128 Å². The highest BCUT2D eigenvalue weighted by Crippen LogP contribution is 2.08. The zero-order valence-corrected chi connectivity index (χ0v) is 13.5. The summed E-state index contributed by atoms with van der Waals surface area (Å²) in [6, 6.07) is 3.91. The lowest BCUT2D eigenvalue weighted by Crippen LogP contribution is -2.37. The molecule has 21 heavy (non-hydrogen) atoms. The lowest BCUT2D eigenvalue weighted by Gasteiger charge is -2.10. The van der Waals surface area contributed by atoms with E-state index in [-0.39, 0.29) is 0 Å². The van der Waals surface area contributed by atoms with Gasteiger partial charge in [-0.25, -0.2) is 9.98 Å². The lowest BCUT2D eigenvalue weighted by molar-refractivity contribution is 0.305. The fraction of sp³-hybridized carbons (Fsp3) is 0.625. The minimum absolute atomic E-state index is 0.614. The first-order chi connectivity index (χ1) is 10.3. The predicted molar refractivity (Wildman–Crippen MR) is 87.7 cm³/mol. The molecule has 0 spiro atoms. The van der Waals surface area contributed by atoms with E-state index in [1.54, 1.807) is 0 Å². The summed E-state index contributed by atoms with van der Waals surface area (Å²) in [5, 5.41) is 6.57. The van der Waals surface area contributed by atoms with Gasteiger partial charge in [0, 0.05) is 25.4 Å². The first-order valence-electron chi connectivity index (χ1n) is 7.90. The maximum Gasteiger partial charge on any atom is 0.213 e. The number of hydrogen-bond donors (Lipinski definition) is 2. The van der Waals surface area contributed by atoms with Gasteiger partial charge in [0.15, 0.2) is 5.96 Å². The summed E-state index contributed by atoms with van der Waals surface area (Å²) < 4.78 is 5.47. The Morgan fingerprint density at radius 2 is 2.05 bits per heavy atom. The Kier molecular flexibility index (Phi) is 9.00. The summed E-state index contributed by atoms with van der Waals surface area (Å²) in [5.74, 6) is 1.54. The SMILES string of the molecule is CCCCNC(=NCc1ccc(OCCC)nc1)NCC. The average Bonchev–Trinajstić information content (AvgIpc) is 2.52. The number of aromatic nitrogens is 1. The van der Waals surface area contributed by atoms with Crippen molar-refractivity contribution in [2.45, 2.75) is 46.6 Å². The molecule has 0 amide bonds. The van der Waals surface area contributed by atoms with Crippen LogP contribution >= 0.6 is 0 Å². The topological polar surface area (TPSA) is 58.5 Å². The van der Waals surface area contributed by atoms with E-state index in [2.05, 4.69) is 41.4 Å². The van der Waals surface area contributed by atoms with Gasteiger partial charge in [0.25, 0.3) is 0 Å². The minimum atomic E-state index is 0.614. The van der Waals surface area contributed by atoms with Gasteiger partial charge in [-0.15, -0.1) is 0 Å². The lowest BCUT2D eigenvalue weighted by atomic mass is 10.3. The quantitative estimate of drug-likeness (QED) is 0.417. The van der Waals surface area contributed by atoms with E-state index in [9.17, 15) is 0 Å². The van der Waals surface area contributed by atoms with Crippen LogP contribution < -0.4 is 15.4 Å². The first kappa shape index (κ1) is 17.3. The number of nitrogens with zero attached hydrogens (tertiary/aromatic N) is 2. The third-order valence-corrected chi connectivity index (χ3v) is 2.84. The Hall–Kier alpha value is -1.78. The summed E-state index contributed by atoms with van der Waals surface area (Å²) in [6.07, 6.45) is 5.14. The van der Waals surface area contributed by atoms with Crippen molar-refractivity contribution in [2.24, 2.45) is 4.99 Å². The number of hydrogen-bond acceptors (Lipinski definition) is 3. The van der Waals surface area contributed by atoms with E-state index in [0.717, 1.165) is 37.5 Å². The molecule has 2 N–H and O–H groups in total. The maximum absolute atomic E-state index is 5.47. The van der Waals surface area contributed by atoms with Crippen molar-refractivity contribution in [3.05, 3.63) is 23.9 Å². The number of aliphatic imine (C=N–C) groups is 1. The van der Waals surface area contributed by atoms with E-state index in [1.807, 2.05) is 18.3 Å². The van der Waals surface area contributed by atoms with E-state index in [4.69, 9.17) is 4.74 Å². The Morgan fingerprint density at radius 3 is 2.67 bits per heavy atom. The summed E-state index contributed by atoms with van der Waals surface area (Å²) in [7, 11) is 0. The number of ether oxygens (including phenoxy) is 1. The van der Waals surface area contributed by atoms with Crippen LogP contribution in [-0.2, 0) is 6.54 Å². The van der Waals surface area contributed by atoms with Crippen molar-refractivity contribution in [2.75, 3.05) is 19.7 Å². The molecule has 0 bridgehead atoms. The van der Waals surface area contributed by atoms with Crippen molar-refractivity contribution < 1.29 is 4.74 Å². The number of rotatable bonds is 9. The normalized spacial score (nSPS) is 11.3. The Bertz CT molecular complexity index is 403. The molecule has 0 radical (unpaired) electrons. The molecule has 1 aromatic heterocycles. The van der Waals surface area contributed by atoms with E-state index in [0.29, 0.717) is 19.0 Å². The predicted octanol–water partition coefficient (Wildman–Crippen LogP) is 2.73. The number of guanidine groups is 1. The monoisotopic (exact) mass is 292 g/mol. The Balaban J connectivity index is 2.50. The van der Waals surface area contributed by atoms with Crippen LogP contribution in [0.1, 0.15) is 45.6 Å². The minimum Gasteiger partial charge on any atom is -0.478 e.